The second-order valence-corrected chi connectivity index (χ2v) is 14.5. The van der Waals surface area contributed by atoms with E-state index >= 15 is 4.39 Å². The van der Waals surface area contributed by atoms with Gasteiger partial charge in [-0.3, -0.25) is 24.2 Å². The predicted molar refractivity (Wildman–Crippen MR) is 187 cm³/mol. The van der Waals surface area contributed by atoms with Gasteiger partial charge in [-0.15, -0.1) is 0 Å². The molecule has 3 aliphatic rings. The number of carboxylic acid groups (broad SMARTS) is 1. The Kier molecular flexibility index (Phi) is 10.8. The normalized spacial score (nSPS) is 22.4. The van der Waals surface area contributed by atoms with Crippen molar-refractivity contribution >= 4 is 45.9 Å². The lowest BCUT2D eigenvalue weighted by Gasteiger charge is -2.52. The van der Waals surface area contributed by atoms with Crippen LogP contribution in [0.2, 0.25) is 5.02 Å². The quantitative estimate of drug-likeness (QED) is 0.261. The molecule has 0 bridgehead atoms. The van der Waals surface area contributed by atoms with E-state index in [9.17, 15) is 19.5 Å². The highest BCUT2D eigenvalue weighted by Gasteiger charge is 2.53. The number of hydrogen-bond donors (Lipinski definition) is 2. The summed E-state index contributed by atoms with van der Waals surface area (Å²) >= 11 is 6.67. The van der Waals surface area contributed by atoms with Crippen LogP contribution >= 0.6 is 11.6 Å². The number of aromatic nitrogens is 1. The van der Waals surface area contributed by atoms with Gasteiger partial charge >= 0.3 is 5.97 Å². The summed E-state index contributed by atoms with van der Waals surface area (Å²) in [6.45, 7) is 2.62. The topological polar surface area (TPSA) is 107 Å². The van der Waals surface area contributed by atoms with E-state index in [4.69, 9.17) is 16.3 Å². The number of likely N-dealkylation sites (tertiary alicyclic amines) is 2. The third-order valence-electron chi connectivity index (χ3n) is 10.8. The number of benzene rings is 2. The van der Waals surface area contributed by atoms with Crippen LogP contribution in [0.3, 0.4) is 0 Å². The summed E-state index contributed by atoms with van der Waals surface area (Å²) in [4.78, 5) is 46.3. The molecule has 2 aromatic carbocycles. The molecule has 1 amide bonds. The van der Waals surface area contributed by atoms with Crippen LogP contribution in [0.4, 0.5) is 10.1 Å². The third kappa shape index (κ3) is 7.28. The minimum absolute atomic E-state index is 0.122. The average molecular weight is 696 g/mol. The van der Waals surface area contributed by atoms with Crippen molar-refractivity contribution in [2.45, 2.75) is 75.8 Å². The van der Waals surface area contributed by atoms with E-state index in [0.29, 0.717) is 63.5 Å². The zero-order valence-electron chi connectivity index (χ0n) is 28.6. The lowest BCUT2D eigenvalue weighted by atomic mass is 9.87. The molecule has 3 aromatic rings. The summed E-state index contributed by atoms with van der Waals surface area (Å²) in [5, 5.41) is 13.2. The number of carbonyl (C=O) groups is 3. The van der Waals surface area contributed by atoms with Crippen molar-refractivity contribution in [1.29, 1.82) is 0 Å². The maximum absolute atomic E-state index is 15.9. The van der Waals surface area contributed by atoms with Crippen molar-refractivity contribution < 1.29 is 28.6 Å². The number of Topliss-reactive ketones (excluding diaryl/α,β-unsaturated/α-hetero) is 1. The van der Waals surface area contributed by atoms with Crippen molar-refractivity contribution in [1.82, 2.24) is 19.3 Å². The van der Waals surface area contributed by atoms with E-state index in [1.165, 1.54) is 12.1 Å². The number of para-hydroxylation sites is 1. The molecule has 3 fully saturated rings. The summed E-state index contributed by atoms with van der Waals surface area (Å²) in [7, 11) is 5.99. The number of carboxylic acids is 1. The highest BCUT2D eigenvalue weighted by molar-refractivity contribution is 6.34. The Hall–Kier alpha value is -3.35. The predicted octanol–water partition coefficient (Wildman–Crippen LogP) is 5.77. The molecule has 1 unspecified atom stereocenters. The largest absolute Gasteiger partial charge is 0.481 e. The van der Waals surface area contributed by atoms with Crippen LogP contribution in [0.25, 0.3) is 10.9 Å². The number of halogens is 2. The lowest BCUT2D eigenvalue weighted by molar-refractivity contribution is -0.260. The Morgan fingerprint density at radius 1 is 1.00 bits per heavy atom. The first-order chi connectivity index (χ1) is 23.5. The fourth-order valence-electron chi connectivity index (χ4n) is 7.95. The van der Waals surface area contributed by atoms with Crippen molar-refractivity contribution in [3.8, 4) is 0 Å². The van der Waals surface area contributed by atoms with Crippen LogP contribution in [-0.2, 0) is 27.8 Å². The molecular weight excluding hydrogens is 649 g/mol. The monoisotopic (exact) mass is 695 g/mol. The molecule has 0 radical (unpaired) electrons. The van der Waals surface area contributed by atoms with Gasteiger partial charge in [-0.2, -0.15) is 0 Å². The lowest BCUT2D eigenvalue weighted by Crippen LogP contribution is -2.69. The van der Waals surface area contributed by atoms with Crippen LogP contribution < -0.4 is 5.32 Å². The molecule has 2 aliphatic heterocycles. The Labute approximate surface area is 292 Å². The van der Waals surface area contributed by atoms with Gasteiger partial charge in [-0.05, 0) is 89.2 Å². The Morgan fingerprint density at radius 3 is 2.31 bits per heavy atom. The van der Waals surface area contributed by atoms with E-state index in [1.54, 1.807) is 6.20 Å². The average Bonchev–Trinajstić information content (AvgIpc) is 3.75. The van der Waals surface area contributed by atoms with Gasteiger partial charge in [0, 0.05) is 62.8 Å². The fourth-order valence-corrected chi connectivity index (χ4v) is 8.19. The Balaban J connectivity index is 1.28. The van der Waals surface area contributed by atoms with Gasteiger partial charge < -0.3 is 24.6 Å². The number of ether oxygens (including phenoxy) is 1. The maximum Gasteiger partial charge on any atom is 0.306 e. The highest BCUT2D eigenvalue weighted by atomic mass is 35.5. The number of aliphatic carboxylic acids is 1. The van der Waals surface area contributed by atoms with Gasteiger partial charge in [-0.25, -0.2) is 4.39 Å². The molecular formula is C37H47ClFN5O5. The number of fused-ring (bicyclic) bond motifs is 1. The number of carbonyl (C=O) groups excluding carboxylic acids is 2. The molecule has 3 heterocycles. The van der Waals surface area contributed by atoms with Crippen LogP contribution in [0, 0.1) is 11.7 Å². The fraction of sp³-hybridized carbons (Fsp3) is 0.541. The van der Waals surface area contributed by atoms with Gasteiger partial charge in [0.2, 0.25) is 5.85 Å². The zero-order valence-corrected chi connectivity index (χ0v) is 29.3. The SMILES string of the molecule is CN(C)C1CCN(C(OC2CCC(C(=O)O)CC2)(C(=O)Cc2cc(Cl)c(NC(=O)c3cn(C)c4ccccc34)cc2F)N2CCCC2)CC1. The number of hydrogen-bond acceptors (Lipinski definition) is 7. The number of nitrogens with zero attached hydrogens (tertiary/aromatic N) is 4. The van der Waals surface area contributed by atoms with Crippen LogP contribution in [0.1, 0.15) is 67.3 Å². The molecule has 0 spiro atoms. The van der Waals surface area contributed by atoms with Crippen molar-refractivity contribution in [2.75, 3.05) is 45.6 Å². The summed E-state index contributed by atoms with van der Waals surface area (Å²) in [5.41, 5.74) is 1.58. The van der Waals surface area contributed by atoms with E-state index in [-0.39, 0.29) is 34.6 Å². The van der Waals surface area contributed by atoms with Gasteiger partial charge in [-0.1, -0.05) is 29.8 Å². The molecule has 2 N–H and O–H groups in total. The van der Waals surface area contributed by atoms with Crippen molar-refractivity contribution in [3.05, 3.63) is 64.6 Å². The van der Waals surface area contributed by atoms with Crippen molar-refractivity contribution in [2.24, 2.45) is 13.0 Å². The summed E-state index contributed by atoms with van der Waals surface area (Å²) in [6, 6.07) is 10.5. The third-order valence-corrected chi connectivity index (χ3v) is 11.1. The number of piperidine rings is 1. The second kappa shape index (κ2) is 14.9. The van der Waals surface area contributed by atoms with Crippen LogP contribution in [-0.4, -0.2) is 100 Å². The first kappa shape index (κ1) is 35.5. The second-order valence-electron chi connectivity index (χ2n) is 14.1. The number of ketones is 1. The van der Waals surface area contributed by atoms with E-state index in [0.717, 1.165) is 36.6 Å². The molecule has 49 heavy (non-hydrogen) atoms. The van der Waals surface area contributed by atoms with E-state index in [1.807, 2.05) is 35.9 Å². The minimum atomic E-state index is -1.41. The van der Waals surface area contributed by atoms with Crippen LogP contribution in [0.5, 0.6) is 0 Å². The molecule has 10 nitrogen and oxygen atoms in total. The summed E-state index contributed by atoms with van der Waals surface area (Å²) < 4.78 is 24.8. The van der Waals surface area contributed by atoms with Crippen LogP contribution in [0.15, 0.2) is 42.6 Å². The smallest absolute Gasteiger partial charge is 0.306 e. The Morgan fingerprint density at radius 2 is 1.65 bits per heavy atom. The first-order valence-electron chi connectivity index (χ1n) is 17.4. The van der Waals surface area contributed by atoms with Gasteiger partial charge in [0.15, 0.2) is 5.78 Å². The number of aryl methyl sites for hydroxylation is 1. The molecule has 2 saturated heterocycles. The van der Waals surface area contributed by atoms with E-state index in [2.05, 4.69) is 34.1 Å². The maximum atomic E-state index is 15.9. The molecule has 1 aliphatic carbocycles. The summed E-state index contributed by atoms with van der Waals surface area (Å²) in [5.74, 6) is -3.94. The standard InChI is InChI=1S/C37H47ClFN5O5/c1-41(2)26-14-18-44(19-15-26)37(43-16-6-7-17-43,49-27-12-10-24(11-13-27)36(47)48)34(45)21-25-20-30(38)32(22-31(25)39)40-35(46)29-23-42(3)33-9-5-4-8-28(29)33/h4-5,8-9,20,22-24,26-27H,6-7,10-19,21H2,1-3H3,(H,40,46)(H,47,48). The molecule has 12 heteroatoms. The molecule has 1 aromatic heterocycles. The van der Waals surface area contributed by atoms with E-state index < -0.39 is 29.5 Å². The molecule has 264 valence electrons. The van der Waals surface area contributed by atoms with Gasteiger partial charge in [0.1, 0.15) is 5.82 Å². The minimum Gasteiger partial charge on any atom is -0.481 e. The van der Waals surface area contributed by atoms with Gasteiger partial charge in [0.25, 0.3) is 5.91 Å². The number of nitrogens with one attached hydrogen (secondary N) is 1. The Bertz CT molecular complexity index is 1690. The zero-order chi connectivity index (χ0) is 34.9. The molecule has 1 atom stereocenters. The van der Waals surface area contributed by atoms with Gasteiger partial charge in [0.05, 0.1) is 28.3 Å². The number of rotatable bonds is 11. The molecule has 1 saturated carbocycles. The van der Waals surface area contributed by atoms with Crippen molar-refractivity contribution in [3.63, 3.8) is 0 Å². The summed E-state index contributed by atoms with van der Waals surface area (Å²) in [6.07, 6.45) is 6.79. The number of amides is 1. The molecule has 6 rings (SSSR count). The highest BCUT2D eigenvalue weighted by Crippen LogP contribution is 2.38. The first-order valence-corrected chi connectivity index (χ1v) is 17.8. The number of anilines is 1.